The van der Waals surface area contributed by atoms with Crippen molar-refractivity contribution in [1.29, 1.82) is 0 Å². The number of benzene rings is 1. The third kappa shape index (κ3) is 3.15. The van der Waals surface area contributed by atoms with Crippen LogP contribution >= 0.6 is 0 Å². The van der Waals surface area contributed by atoms with Crippen LogP contribution in [-0.4, -0.2) is 17.9 Å². The average molecular weight is 278 g/mol. The van der Waals surface area contributed by atoms with Crippen LogP contribution in [0.1, 0.15) is 32.3 Å². The minimum Gasteiger partial charge on any atom is -0.353 e. The van der Waals surface area contributed by atoms with Gasteiger partial charge in [0.2, 0.25) is 11.8 Å². The van der Waals surface area contributed by atoms with Crippen LogP contribution in [-0.2, 0) is 16.1 Å². The first kappa shape index (κ1) is 14.5. The molecule has 2 rings (SSSR count). The Kier molecular flexibility index (Phi) is 4.06. The monoisotopic (exact) mass is 278 g/mol. The molecule has 0 atom stereocenters. The first-order valence-corrected chi connectivity index (χ1v) is 6.78. The molecule has 4 nitrogen and oxygen atoms in total. The molecule has 1 saturated carbocycles. The van der Waals surface area contributed by atoms with Crippen molar-refractivity contribution in [3.63, 3.8) is 0 Å². The van der Waals surface area contributed by atoms with E-state index in [9.17, 15) is 14.0 Å². The molecule has 2 N–H and O–H groups in total. The highest BCUT2D eigenvalue weighted by Crippen LogP contribution is 2.46. The number of hydrogen-bond donors (Lipinski definition) is 2. The second-order valence-electron chi connectivity index (χ2n) is 5.52. The van der Waals surface area contributed by atoms with Gasteiger partial charge in [-0.1, -0.05) is 12.1 Å². The minimum atomic E-state index is -0.899. The lowest BCUT2D eigenvalue weighted by Gasteiger charge is -2.17. The molecule has 2 amide bonds. The summed E-state index contributed by atoms with van der Waals surface area (Å²) in [6.45, 7) is 4.03. The molecule has 0 aromatic heterocycles. The number of carbonyl (C=O) groups is 2. The second-order valence-corrected chi connectivity index (χ2v) is 5.52. The molecule has 1 fully saturated rings. The fraction of sp³-hybridized carbons (Fsp3) is 0.467. The highest BCUT2D eigenvalue weighted by Gasteiger charge is 2.56. The number of rotatable bonds is 5. The molecule has 0 heterocycles. The van der Waals surface area contributed by atoms with Gasteiger partial charge in [0.1, 0.15) is 11.2 Å². The van der Waals surface area contributed by atoms with E-state index in [1.807, 2.05) is 13.8 Å². The molecule has 0 saturated heterocycles. The van der Waals surface area contributed by atoms with E-state index in [0.717, 1.165) is 5.56 Å². The third-order valence-electron chi connectivity index (χ3n) is 3.41. The van der Waals surface area contributed by atoms with E-state index >= 15 is 0 Å². The lowest BCUT2D eigenvalue weighted by molar-refractivity contribution is -0.137. The summed E-state index contributed by atoms with van der Waals surface area (Å²) in [5.41, 5.74) is -0.0931. The fourth-order valence-electron chi connectivity index (χ4n) is 2.04. The van der Waals surface area contributed by atoms with Gasteiger partial charge in [0, 0.05) is 12.6 Å². The standard InChI is InChI=1S/C15H19FN2O2/c1-10(2)18-14(20)15(7-8-15)13(19)17-9-11-3-5-12(16)6-4-11/h3-6,10H,7-9H2,1-2H3,(H,17,19)(H,18,20). The number of carbonyl (C=O) groups excluding carboxylic acids is 2. The van der Waals surface area contributed by atoms with Gasteiger partial charge in [-0.05, 0) is 44.4 Å². The Labute approximate surface area is 117 Å². The normalized spacial score (nSPS) is 15.8. The smallest absolute Gasteiger partial charge is 0.235 e. The van der Waals surface area contributed by atoms with E-state index < -0.39 is 5.41 Å². The van der Waals surface area contributed by atoms with Crippen LogP contribution in [0, 0.1) is 11.2 Å². The van der Waals surface area contributed by atoms with Crippen molar-refractivity contribution in [3.8, 4) is 0 Å². The van der Waals surface area contributed by atoms with Gasteiger partial charge in [-0.25, -0.2) is 4.39 Å². The molecule has 0 radical (unpaired) electrons. The maximum absolute atomic E-state index is 12.8. The average Bonchev–Trinajstić information content (AvgIpc) is 3.18. The molecular formula is C15H19FN2O2. The van der Waals surface area contributed by atoms with Crippen LogP contribution in [0.2, 0.25) is 0 Å². The summed E-state index contributed by atoms with van der Waals surface area (Å²) in [4.78, 5) is 24.2. The van der Waals surface area contributed by atoms with E-state index in [4.69, 9.17) is 0 Å². The SMILES string of the molecule is CC(C)NC(=O)C1(C(=O)NCc2ccc(F)cc2)CC1. The van der Waals surface area contributed by atoms with E-state index in [-0.39, 0.29) is 23.7 Å². The highest BCUT2D eigenvalue weighted by molar-refractivity contribution is 6.07. The van der Waals surface area contributed by atoms with E-state index in [1.54, 1.807) is 12.1 Å². The van der Waals surface area contributed by atoms with Crippen LogP contribution in [0.5, 0.6) is 0 Å². The zero-order valence-corrected chi connectivity index (χ0v) is 11.7. The molecule has 1 aromatic rings. The molecule has 0 bridgehead atoms. The van der Waals surface area contributed by atoms with Crippen LogP contribution in [0.3, 0.4) is 0 Å². The Morgan fingerprint density at radius 1 is 1.20 bits per heavy atom. The summed E-state index contributed by atoms with van der Waals surface area (Å²) in [5, 5.41) is 5.54. The lowest BCUT2D eigenvalue weighted by Crippen LogP contribution is -2.44. The van der Waals surface area contributed by atoms with Crippen LogP contribution in [0.25, 0.3) is 0 Å². The summed E-state index contributed by atoms with van der Waals surface area (Å²) >= 11 is 0. The molecular weight excluding hydrogens is 259 g/mol. The molecule has 108 valence electrons. The number of amides is 2. The molecule has 0 spiro atoms. The maximum Gasteiger partial charge on any atom is 0.235 e. The summed E-state index contributed by atoms with van der Waals surface area (Å²) in [6.07, 6.45) is 1.17. The van der Waals surface area contributed by atoms with Crippen LogP contribution in [0.15, 0.2) is 24.3 Å². The molecule has 5 heteroatoms. The molecule has 1 aliphatic carbocycles. The van der Waals surface area contributed by atoms with E-state index in [0.29, 0.717) is 19.4 Å². The van der Waals surface area contributed by atoms with Gasteiger partial charge in [-0.15, -0.1) is 0 Å². The van der Waals surface area contributed by atoms with Crippen LogP contribution < -0.4 is 10.6 Å². The van der Waals surface area contributed by atoms with Crippen LogP contribution in [0.4, 0.5) is 4.39 Å². The van der Waals surface area contributed by atoms with E-state index in [2.05, 4.69) is 10.6 Å². The van der Waals surface area contributed by atoms with Gasteiger partial charge in [0.25, 0.3) is 0 Å². The van der Waals surface area contributed by atoms with Gasteiger partial charge < -0.3 is 10.6 Å². The van der Waals surface area contributed by atoms with Crippen molar-refractivity contribution in [2.45, 2.75) is 39.3 Å². The zero-order valence-electron chi connectivity index (χ0n) is 11.7. The molecule has 0 unspecified atom stereocenters. The molecule has 1 aromatic carbocycles. The first-order chi connectivity index (χ1) is 9.44. The maximum atomic E-state index is 12.8. The van der Waals surface area contributed by atoms with Crippen molar-refractivity contribution in [2.75, 3.05) is 0 Å². The van der Waals surface area contributed by atoms with Crippen molar-refractivity contribution in [2.24, 2.45) is 5.41 Å². The van der Waals surface area contributed by atoms with Gasteiger partial charge in [0.15, 0.2) is 0 Å². The summed E-state index contributed by atoms with van der Waals surface area (Å²) < 4.78 is 12.8. The molecule has 1 aliphatic rings. The Balaban J connectivity index is 1.91. The topological polar surface area (TPSA) is 58.2 Å². The van der Waals surface area contributed by atoms with Crippen molar-refractivity contribution in [1.82, 2.24) is 10.6 Å². The van der Waals surface area contributed by atoms with Crippen molar-refractivity contribution < 1.29 is 14.0 Å². The fourth-order valence-corrected chi connectivity index (χ4v) is 2.04. The largest absolute Gasteiger partial charge is 0.353 e. The van der Waals surface area contributed by atoms with Gasteiger partial charge in [0.05, 0.1) is 0 Å². The third-order valence-corrected chi connectivity index (χ3v) is 3.41. The van der Waals surface area contributed by atoms with Crippen molar-refractivity contribution in [3.05, 3.63) is 35.6 Å². The van der Waals surface area contributed by atoms with Crippen molar-refractivity contribution >= 4 is 11.8 Å². The van der Waals surface area contributed by atoms with E-state index in [1.165, 1.54) is 12.1 Å². The number of nitrogens with one attached hydrogen (secondary N) is 2. The first-order valence-electron chi connectivity index (χ1n) is 6.78. The number of halogens is 1. The second kappa shape index (κ2) is 5.61. The number of hydrogen-bond acceptors (Lipinski definition) is 2. The lowest BCUT2D eigenvalue weighted by atomic mass is 10.0. The predicted octanol–water partition coefficient (Wildman–Crippen LogP) is 1.75. The molecule has 20 heavy (non-hydrogen) atoms. The Morgan fingerprint density at radius 2 is 1.80 bits per heavy atom. The van der Waals surface area contributed by atoms with Gasteiger partial charge in [-0.3, -0.25) is 9.59 Å². The summed E-state index contributed by atoms with van der Waals surface area (Å²) in [7, 11) is 0. The molecule has 0 aliphatic heterocycles. The summed E-state index contributed by atoms with van der Waals surface area (Å²) in [6, 6.07) is 5.94. The predicted molar refractivity (Wildman–Crippen MR) is 73.2 cm³/mol. The Hall–Kier alpha value is -1.91. The van der Waals surface area contributed by atoms with Gasteiger partial charge in [-0.2, -0.15) is 0 Å². The Bertz CT molecular complexity index is 507. The quantitative estimate of drug-likeness (QED) is 0.806. The minimum absolute atomic E-state index is 0.0184. The highest BCUT2D eigenvalue weighted by atomic mass is 19.1. The summed E-state index contributed by atoms with van der Waals surface area (Å²) in [5.74, 6) is -0.765. The van der Waals surface area contributed by atoms with Gasteiger partial charge >= 0.3 is 0 Å². The zero-order chi connectivity index (χ0) is 14.8. The Morgan fingerprint density at radius 3 is 2.30 bits per heavy atom.